The number of fused-ring (bicyclic) bond motifs is 1. The molecule has 0 aliphatic heterocycles. The number of hydrogen-bond donors (Lipinski definition) is 2. The Kier molecular flexibility index (Phi) is 5.45. The van der Waals surface area contributed by atoms with Crippen molar-refractivity contribution >= 4 is 22.8 Å². The molecule has 3 rings (SSSR count). The minimum absolute atomic E-state index is 0.0610. The summed E-state index contributed by atoms with van der Waals surface area (Å²) in [6.07, 6.45) is 1.11. The van der Waals surface area contributed by atoms with E-state index in [1.165, 1.54) is 5.56 Å². The number of carboxylic acids is 1. The molecule has 1 aromatic heterocycles. The molecule has 140 valence electrons. The number of aryl methyl sites for hydroxylation is 1. The summed E-state index contributed by atoms with van der Waals surface area (Å²) in [4.78, 5) is 24.1. The van der Waals surface area contributed by atoms with E-state index in [1.54, 1.807) is 31.4 Å². The van der Waals surface area contributed by atoms with Crippen LogP contribution in [-0.4, -0.2) is 30.1 Å². The smallest absolute Gasteiger partial charge is 0.326 e. The molecule has 2 aromatic carbocycles. The van der Waals surface area contributed by atoms with Crippen LogP contribution in [0.4, 0.5) is 0 Å². The summed E-state index contributed by atoms with van der Waals surface area (Å²) in [5, 5.41) is 12.7. The third-order valence-corrected chi connectivity index (χ3v) is 4.42. The first-order valence-corrected chi connectivity index (χ1v) is 8.69. The summed E-state index contributed by atoms with van der Waals surface area (Å²) >= 11 is 0. The monoisotopic (exact) mass is 367 g/mol. The van der Waals surface area contributed by atoms with E-state index in [1.807, 2.05) is 24.3 Å². The van der Waals surface area contributed by atoms with Crippen molar-refractivity contribution in [2.75, 3.05) is 7.11 Å². The molecule has 0 saturated heterocycles. The normalized spacial score (nSPS) is 11.9. The van der Waals surface area contributed by atoms with Crippen molar-refractivity contribution in [2.45, 2.75) is 25.8 Å². The highest BCUT2D eigenvalue weighted by Crippen LogP contribution is 2.24. The molecule has 0 spiro atoms. The summed E-state index contributed by atoms with van der Waals surface area (Å²) in [7, 11) is 1.55. The van der Waals surface area contributed by atoms with Crippen LogP contribution in [0.15, 0.2) is 52.9 Å². The summed E-state index contributed by atoms with van der Waals surface area (Å²) in [6.45, 7) is 2.05. The van der Waals surface area contributed by atoms with Gasteiger partial charge in [0.1, 0.15) is 17.4 Å². The Labute approximate surface area is 156 Å². The van der Waals surface area contributed by atoms with Gasteiger partial charge < -0.3 is 19.6 Å². The van der Waals surface area contributed by atoms with Crippen LogP contribution in [0.2, 0.25) is 0 Å². The minimum atomic E-state index is -1.10. The number of carboxylic acid groups (broad SMARTS) is 1. The van der Waals surface area contributed by atoms with Gasteiger partial charge in [0.2, 0.25) is 0 Å². The zero-order valence-corrected chi connectivity index (χ0v) is 15.2. The third-order valence-electron chi connectivity index (χ3n) is 4.42. The first-order valence-electron chi connectivity index (χ1n) is 8.69. The van der Waals surface area contributed by atoms with Gasteiger partial charge in [-0.3, -0.25) is 4.79 Å². The standard InChI is InChI=1S/C21H21NO5/c1-3-13-4-6-14(7-5-13)10-17(21(24)25)22-20(23)19-12-15-11-16(26-2)8-9-18(15)27-19/h4-9,11-12,17H,3,10H2,1-2H3,(H,22,23)(H,24,25). The molecule has 1 amide bonds. The summed E-state index contributed by atoms with van der Waals surface area (Å²) < 4.78 is 10.7. The van der Waals surface area contributed by atoms with Crippen LogP contribution in [0.25, 0.3) is 11.0 Å². The van der Waals surface area contributed by atoms with E-state index in [2.05, 4.69) is 12.2 Å². The minimum Gasteiger partial charge on any atom is -0.497 e. The highest BCUT2D eigenvalue weighted by atomic mass is 16.5. The van der Waals surface area contributed by atoms with Crippen LogP contribution in [0.5, 0.6) is 5.75 Å². The molecule has 0 saturated carbocycles. The second-order valence-electron chi connectivity index (χ2n) is 6.25. The Morgan fingerprint density at radius 1 is 1.11 bits per heavy atom. The van der Waals surface area contributed by atoms with Crippen LogP contribution in [-0.2, 0) is 17.6 Å². The maximum absolute atomic E-state index is 12.5. The van der Waals surface area contributed by atoms with Gasteiger partial charge in [0.15, 0.2) is 5.76 Å². The first kappa shape index (κ1) is 18.5. The fraction of sp³-hybridized carbons (Fsp3) is 0.238. The molecule has 1 atom stereocenters. The van der Waals surface area contributed by atoms with Gasteiger partial charge in [-0.15, -0.1) is 0 Å². The van der Waals surface area contributed by atoms with Gasteiger partial charge in [0.05, 0.1) is 7.11 Å². The summed E-state index contributed by atoms with van der Waals surface area (Å²) in [6, 6.07) is 13.4. The number of amides is 1. The molecule has 0 fully saturated rings. The topological polar surface area (TPSA) is 88.8 Å². The maximum Gasteiger partial charge on any atom is 0.326 e. The molecule has 3 aromatic rings. The number of furan rings is 1. The van der Waals surface area contributed by atoms with Crippen molar-refractivity contribution in [2.24, 2.45) is 0 Å². The average Bonchev–Trinajstić information content (AvgIpc) is 3.11. The van der Waals surface area contributed by atoms with Crippen LogP contribution in [0.3, 0.4) is 0 Å². The van der Waals surface area contributed by atoms with Crippen LogP contribution < -0.4 is 10.1 Å². The number of methoxy groups -OCH3 is 1. The lowest BCUT2D eigenvalue weighted by Gasteiger charge is -2.14. The fourth-order valence-corrected chi connectivity index (χ4v) is 2.84. The fourth-order valence-electron chi connectivity index (χ4n) is 2.84. The average molecular weight is 367 g/mol. The Morgan fingerprint density at radius 2 is 1.81 bits per heavy atom. The van der Waals surface area contributed by atoms with Crippen molar-refractivity contribution in [3.8, 4) is 5.75 Å². The van der Waals surface area contributed by atoms with E-state index in [4.69, 9.17) is 9.15 Å². The highest BCUT2D eigenvalue weighted by Gasteiger charge is 2.23. The Hall–Kier alpha value is -3.28. The van der Waals surface area contributed by atoms with E-state index >= 15 is 0 Å². The van der Waals surface area contributed by atoms with E-state index in [9.17, 15) is 14.7 Å². The van der Waals surface area contributed by atoms with Crippen LogP contribution in [0.1, 0.15) is 28.6 Å². The predicted molar refractivity (Wildman–Crippen MR) is 101 cm³/mol. The molecule has 2 N–H and O–H groups in total. The van der Waals surface area contributed by atoms with E-state index in [0.717, 1.165) is 12.0 Å². The quantitative estimate of drug-likeness (QED) is 0.668. The number of carbonyl (C=O) groups excluding carboxylic acids is 1. The molecule has 27 heavy (non-hydrogen) atoms. The molecule has 0 aliphatic rings. The summed E-state index contributed by atoms with van der Waals surface area (Å²) in [5.74, 6) is -0.955. The van der Waals surface area contributed by atoms with Gasteiger partial charge in [0.25, 0.3) is 5.91 Å². The largest absolute Gasteiger partial charge is 0.497 e. The van der Waals surface area contributed by atoms with E-state index in [-0.39, 0.29) is 12.2 Å². The van der Waals surface area contributed by atoms with Crippen LogP contribution in [0, 0.1) is 0 Å². The molecule has 1 unspecified atom stereocenters. The van der Waals surface area contributed by atoms with E-state index < -0.39 is 17.9 Å². The molecular weight excluding hydrogens is 346 g/mol. The van der Waals surface area contributed by atoms with Crippen molar-refractivity contribution < 1.29 is 23.8 Å². The Morgan fingerprint density at radius 3 is 2.44 bits per heavy atom. The number of rotatable bonds is 7. The maximum atomic E-state index is 12.5. The SMILES string of the molecule is CCc1ccc(CC(NC(=O)c2cc3cc(OC)ccc3o2)C(=O)O)cc1. The number of nitrogens with one attached hydrogen (secondary N) is 1. The first-order chi connectivity index (χ1) is 13.0. The molecule has 1 heterocycles. The second kappa shape index (κ2) is 7.95. The van der Waals surface area contributed by atoms with Crippen LogP contribution >= 0.6 is 0 Å². The molecule has 0 aliphatic carbocycles. The lowest BCUT2D eigenvalue weighted by molar-refractivity contribution is -0.139. The zero-order chi connectivity index (χ0) is 19.4. The summed E-state index contributed by atoms with van der Waals surface area (Å²) in [5.41, 5.74) is 2.55. The molecule has 0 radical (unpaired) electrons. The van der Waals surface area contributed by atoms with Crippen molar-refractivity contribution in [1.29, 1.82) is 0 Å². The lowest BCUT2D eigenvalue weighted by Crippen LogP contribution is -2.42. The van der Waals surface area contributed by atoms with Gasteiger partial charge in [-0.2, -0.15) is 0 Å². The molecule has 6 nitrogen and oxygen atoms in total. The zero-order valence-electron chi connectivity index (χ0n) is 15.2. The Bertz CT molecular complexity index is 958. The molecule has 0 bridgehead atoms. The Balaban J connectivity index is 1.75. The van der Waals surface area contributed by atoms with Gasteiger partial charge in [-0.25, -0.2) is 4.79 Å². The number of carbonyl (C=O) groups is 2. The third kappa shape index (κ3) is 4.28. The second-order valence-corrected chi connectivity index (χ2v) is 6.25. The molecule has 6 heteroatoms. The molecular formula is C21H21NO5. The number of benzene rings is 2. The highest BCUT2D eigenvalue weighted by molar-refractivity contribution is 5.98. The van der Waals surface area contributed by atoms with Gasteiger partial charge in [0, 0.05) is 11.8 Å². The predicted octanol–water partition coefficient (Wildman–Crippen LogP) is 3.43. The van der Waals surface area contributed by atoms with Gasteiger partial charge in [-0.05, 0) is 41.8 Å². The van der Waals surface area contributed by atoms with E-state index in [0.29, 0.717) is 16.7 Å². The number of hydrogen-bond acceptors (Lipinski definition) is 4. The van der Waals surface area contributed by atoms with Crippen molar-refractivity contribution in [1.82, 2.24) is 5.32 Å². The van der Waals surface area contributed by atoms with Crippen molar-refractivity contribution in [3.63, 3.8) is 0 Å². The van der Waals surface area contributed by atoms with Gasteiger partial charge in [-0.1, -0.05) is 31.2 Å². The van der Waals surface area contributed by atoms with Gasteiger partial charge >= 0.3 is 5.97 Å². The van der Waals surface area contributed by atoms with Crippen molar-refractivity contribution in [3.05, 3.63) is 65.4 Å². The number of aliphatic carboxylic acids is 1. The lowest BCUT2D eigenvalue weighted by atomic mass is 10.0. The number of ether oxygens (including phenoxy) is 1.